The predicted octanol–water partition coefficient (Wildman–Crippen LogP) is 2.86. The maximum Gasteiger partial charge on any atom is 0.320 e. The summed E-state index contributed by atoms with van der Waals surface area (Å²) in [6, 6.07) is 16.8. The van der Waals surface area contributed by atoms with Crippen molar-refractivity contribution in [2.75, 3.05) is 0 Å². The van der Waals surface area contributed by atoms with Crippen molar-refractivity contribution in [3.63, 3.8) is 0 Å². The number of nitrogens with two attached hydrogens (primary N) is 1. The number of nitrogens with zero attached hydrogens (tertiary/aromatic N) is 1. The van der Waals surface area contributed by atoms with E-state index in [4.69, 9.17) is 10.8 Å². The number of fused-ring (bicyclic) bond motifs is 1. The minimum atomic E-state index is -0.994. The zero-order valence-corrected chi connectivity index (χ0v) is 11.9. The third-order valence-corrected chi connectivity index (χ3v) is 3.68. The highest BCUT2D eigenvalue weighted by Crippen LogP contribution is 2.26. The maximum absolute atomic E-state index is 11.0. The van der Waals surface area contributed by atoms with E-state index < -0.39 is 12.0 Å². The molecule has 1 unspecified atom stereocenters. The first kappa shape index (κ1) is 14.2. The van der Waals surface area contributed by atoms with Crippen LogP contribution in [0.2, 0.25) is 0 Å². The molecule has 0 spiro atoms. The molecule has 1 aromatic heterocycles. The topological polar surface area (TPSA) is 76.2 Å². The lowest BCUT2D eigenvalue weighted by Crippen LogP contribution is -2.32. The summed E-state index contributed by atoms with van der Waals surface area (Å²) in [7, 11) is 0. The lowest BCUT2D eigenvalue weighted by Gasteiger charge is -2.12. The number of carboxylic acid groups (broad SMARTS) is 1. The molecular weight excluding hydrogens is 276 g/mol. The summed E-state index contributed by atoms with van der Waals surface area (Å²) >= 11 is 0. The van der Waals surface area contributed by atoms with E-state index in [1.165, 1.54) is 0 Å². The van der Waals surface area contributed by atoms with E-state index in [1.54, 1.807) is 0 Å². The van der Waals surface area contributed by atoms with E-state index in [1.807, 2.05) is 54.7 Å². The molecule has 22 heavy (non-hydrogen) atoms. The van der Waals surface area contributed by atoms with Crippen LogP contribution in [0.15, 0.2) is 60.8 Å². The Labute approximate surface area is 128 Å². The van der Waals surface area contributed by atoms with Crippen LogP contribution in [0.3, 0.4) is 0 Å². The van der Waals surface area contributed by atoms with Crippen LogP contribution in [0.4, 0.5) is 0 Å². The summed E-state index contributed by atoms with van der Waals surface area (Å²) in [4.78, 5) is 15.5. The van der Waals surface area contributed by atoms with Crippen molar-refractivity contribution in [3.8, 4) is 11.1 Å². The average Bonchev–Trinajstić information content (AvgIpc) is 2.55. The number of carbonyl (C=O) groups is 1. The second-order valence-electron chi connectivity index (χ2n) is 5.22. The van der Waals surface area contributed by atoms with Gasteiger partial charge in [0.15, 0.2) is 0 Å². The molecular formula is C18H16N2O2. The summed E-state index contributed by atoms with van der Waals surface area (Å²) in [5.41, 5.74) is 9.45. The van der Waals surface area contributed by atoms with Gasteiger partial charge in [-0.25, -0.2) is 0 Å². The standard InChI is InChI=1S/C18H16N2O2/c19-16(18(21)22)10-12-5-1-3-7-15(12)14-9-13-6-2-4-8-17(13)20-11-14/h1-9,11,16H,10,19H2,(H,21,22). The molecule has 3 aromatic rings. The smallest absolute Gasteiger partial charge is 0.320 e. The van der Waals surface area contributed by atoms with Crippen molar-refractivity contribution in [2.45, 2.75) is 12.5 Å². The van der Waals surface area contributed by atoms with Crippen LogP contribution in [0.5, 0.6) is 0 Å². The van der Waals surface area contributed by atoms with Gasteiger partial charge >= 0.3 is 5.97 Å². The van der Waals surface area contributed by atoms with Gasteiger partial charge in [-0.2, -0.15) is 0 Å². The molecule has 1 heterocycles. The lowest BCUT2D eigenvalue weighted by molar-refractivity contribution is -0.138. The van der Waals surface area contributed by atoms with E-state index in [0.717, 1.165) is 27.6 Å². The van der Waals surface area contributed by atoms with Gasteiger partial charge in [-0.3, -0.25) is 9.78 Å². The maximum atomic E-state index is 11.0. The van der Waals surface area contributed by atoms with Crippen LogP contribution in [0.1, 0.15) is 5.56 Å². The molecule has 110 valence electrons. The Kier molecular flexibility index (Phi) is 3.85. The average molecular weight is 292 g/mol. The molecule has 0 aliphatic heterocycles. The minimum Gasteiger partial charge on any atom is -0.480 e. The molecule has 4 heteroatoms. The van der Waals surface area contributed by atoms with Crippen molar-refractivity contribution in [1.82, 2.24) is 4.98 Å². The number of para-hydroxylation sites is 1. The Hall–Kier alpha value is -2.72. The van der Waals surface area contributed by atoms with Gasteiger partial charge < -0.3 is 10.8 Å². The van der Waals surface area contributed by atoms with E-state index in [-0.39, 0.29) is 0 Å². The number of hydrogen-bond donors (Lipinski definition) is 2. The quantitative estimate of drug-likeness (QED) is 0.775. The van der Waals surface area contributed by atoms with Gasteiger partial charge in [0.2, 0.25) is 0 Å². The third kappa shape index (κ3) is 2.82. The summed E-state index contributed by atoms with van der Waals surface area (Å²) in [6.45, 7) is 0. The van der Waals surface area contributed by atoms with Crippen LogP contribution in [-0.2, 0) is 11.2 Å². The van der Waals surface area contributed by atoms with Crippen LogP contribution >= 0.6 is 0 Å². The van der Waals surface area contributed by atoms with Crippen molar-refractivity contribution in [2.24, 2.45) is 5.73 Å². The third-order valence-electron chi connectivity index (χ3n) is 3.68. The molecule has 0 saturated carbocycles. The van der Waals surface area contributed by atoms with Gasteiger partial charge in [-0.05, 0) is 29.7 Å². The van der Waals surface area contributed by atoms with Gasteiger partial charge in [-0.1, -0.05) is 42.5 Å². The van der Waals surface area contributed by atoms with E-state index in [9.17, 15) is 4.79 Å². The molecule has 0 aliphatic carbocycles. The molecule has 0 saturated heterocycles. The Bertz CT molecular complexity index is 830. The van der Waals surface area contributed by atoms with Crippen molar-refractivity contribution in [1.29, 1.82) is 0 Å². The second-order valence-corrected chi connectivity index (χ2v) is 5.22. The van der Waals surface area contributed by atoms with E-state index in [0.29, 0.717) is 6.42 Å². The highest BCUT2D eigenvalue weighted by molar-refractivity contribution is 5.84. The molecule has 0 fully saturated rings. The molecule has 3 rings (SSSR count). The highest BCUT2D eigenvalue weighted by Gasteiger charge is 2.15. The van der Waals surface area contributed by atoms with Crippen LogP contribution in [0.25, 0.3) is 22.0 Å². The molecule has 0 bridgehead atoms. The normalized spacial score (nSPS) is 12.2. The zero-order chi connectivity index (χ0) is 15.5. The van der Waals surface area contributed by atoms with Crippen molar-refractivity contribution < 1.29 is 9.90 Å². The first-order chi connectivity index (χ1) is 10.6. The number of hydrogen-bond acceptors (Lipinski definition) is 3. The summed E-state index contributed by atoms with van der Waals surface area (Å²) in [5, 5.41) is 10.1. The largest absolute Gasteiger partial charge is 0.480 e. The first-order valence-electron chi connectivity index (χ1n) is 7.06. The van der Waals surface area contributed by atoms with Crippen molar-refractivity contribution >= 4 is 16.9 Å². The van der Waals surface area contributed by atoms with Gasteiger partial charge in [-0.15, -0.1) is 0 Å². The SMILES string of the molecule is NC(Cc1ccccc1-c1cnc2ccccc2c1)C(=O)O. The molecule has 1 atom stereocenters. The molecule has 3 N–H and O–H groups in total. The molecule has 0 aliphatic rings. The van der Waals surface area contributed by atoms with Gasteiger partial charge in [0.05, 0.1) is 5.52 Å². The van der Waals surface area contributed by atoms with Gasteiger partial charge in [0.25, 0.3) is 0 Å². The number of pyridine rings is 1. The Morgan fingerprint density at radius 3 is 2.68 bits per heavy atom. The van der Waals surface area contributed by atoms with Gasteiger partial charge in [0, 0.05) is 17.1 Å². The fourth-order valence-electron chi connectivity index (χ4n) is 2.52. The number of carboxylic acids is 1. The van der Waals surface area contributed by atoms with Gasteiger partial charge in [0.1, 0.15) is 6.04 Å². The molecule has 0 radical (unpaired) electrons. The fourth-order valence-corrected chi connectivity index (χ4v) is 2.52. The zero-order valence-electron chi connectivity index (χ0n) is 11.9. The monoisotopic (exact) mass is 292 g/mol. The highest BCUT2D eigenvalue weighted by atomic mass is 16.4. The molecule has 4 nitrogen and oxygen atoms in total. The fraction of sp³-hybridized carbons (Fsp3) is 0.111. The summed E-state index contributed by atoms with van der Waals surface area (Å²) < 4.78 is 0. The summed E-state index contributed by atoms with van der Waals surface area (Å²) in [6.07, 6.45) is 2.10. The number of rotatable bonds is 4. The second kappa shape index (κ2) is 5.95. The van der Waals surface area contributed by atoms with E-state index in [2.05, 4.69) is 11.1 Å². The van der Waals surface area contributed by atoms with Crippen LogP contribution < -0.4 is 5.73 Å². The number of aromatic nitrogens is 1. The molecule has 2 aromatic carbocycles. The lowest BCUT2D eigenvalue weighted by atomic mass is 9.95. The van der Waals surface area contributed by atoms with E-state index >= 15 is 0 Å². The van der Waals surface area contributed by atoms with Crippen LogP contribution in [0, 0.1) is 0 Å². The van der Waals surface area contributed by atoms with Crippen LogP contribution in [-0.4, -0.2) is 22.1 Å². The Balaban J connectivity index is 2.04. The molecule has 0 amide bonds. The number of aliphatic carboxylic acids is 1. The number of benzene rings is 2. The Morgan fingerprint density at radius 1 is 1.14 bits per heavy atom. The first-order valence-corrected chi connectivity index (χ1v) is 7.06. The Morgan fingerprint density at radius 2 is 1.86 bits per heavy atom. The summed E-state index contributed by atoms with van der Waals surface area (Å²) in [5.74, 6) is -0.994. The minimum absolute atomic E-state index is 0.290. The predicted molar refractivity (Wildman–Crippen MR) is 86.5 cm³/mol. The van der Waals surface area contributed by atoms with Crippen molar-refractivity contribution in [3.05, 3.63) is 66.4 Å².